The molecule has 7 nitrogen and oxygen atoms in total. The Kier molecular flexibility index (Phi) is 4.67. The van der Waals surface area contributed by atoms with Crippen molar-refractivity contribution in [1.29, 1.82) is 0 Å². The van der Waals surface area contributed by atoms with E-state index in [2.05, 4.69) is 17.1 Å². The zero-order valence-electron chi connectivity index (χ0n) is 11.0. The molecule has 7 heteroatoms. The van der Waals surface area contributed by atoms with Crippen LogP contribution in [0.2, 0.25) is 0 Å². The molecular weight excluding hydrogens is 262 g/mol. The molecule has 0 unspecified atom stereocenters. The Balaban J connectivity index is 2.06. The fourth-order valence-corrected chi connectivity index (χ4v) is 1.51. The van der Waals surface area contributed by atoms with Gasteiger partial charge in [-0.2, -0.15) is 0 Å². The largest absolute Gasteiger partial charge is 0.494 e. The summed E-state index contributed by atoms with van der Waals surface area (Å²) in [5.41, 5.74) is 2.09. The van der Waals surface area contributed by atoms with Crippen LogP contribution in [0.15, 0.2) is 28.7 Å². The van der Waals surface area contributed by atoms with E-state index in [-0.39, 0.29) is 11.8 Å². The van der Waals surface area contributed by atoms with E-state index in [1.807, 2.05) is 0 Å². The third-order valence-corrected chi connectivity index (χ3v) is 2.59. The molecule has 1 amide bonds. The van der Waals surface area contributed by atoms with Crippen molar-refractivity contribution < 1.29 is 19.2 Å². The number of unbranched alkanes of at least 4 members (excludes halogenated alkanes) is 1. The first-order valence-corrected chi connectivity index (χ1v) is 6.25. The van der Waals surface area contributed by atoms with Crippen LogP contribution in [0.3, 0.4) is 0 Å². The van der Waals surface area contributed by atoms with E-state index >= 15 is 0 Å². The number of hydrogen-bond donors (Lipinski definition) is 2. The minimum absolute atomic E-state index is 0.198. The van der Waals surface area contributed by atoms with Gasteiger partial charge in [-0.05, 0) is 30.7 Å². The van der Waals surface area contributed by atoms with Crippen LogP contribution in [0.25, 0.3) is 11.5 Å². The van der Waals surface area contributed by atoms with Crippen molar-refractivity contribution in [1.82, 2.24) is 15.7 Å². The van der Waals surface area contributed by atoms with Gasteiger partial charge < -0.3 is 9.15 Å². The molecule has 0 bridgehead atoms. The van der Waals surface area contributed by atoms with Crippen LogP contribution in [-0.2, 0) is 0 Å². The second kappa shape index (κ2) is 6.67. The highest BCUT2D eigenvalue weighted by Gasteiger charge is 2.14. The minimum atomic E-state index is -0.844. The van der Waals surface area contributed by atoms with Crippen LogP contribution < -0.4 is 10.2 Å². The Hall–Kier alpha value is -2.41. The molecule has 0 aliphatic carbocycles. The fraction of sp³-hybridized carbons (Fsp3) is 0.308. The van der Waals surface area contributed by atoms with Gasteiger partial charge in [0.15, 0.2) is 0 Å². The normalized spacial score (nSPS) is 10.3. The lowest BCUT2D eigenvalue weighted by atomic mass is 10.2. The Morgan fingerprint density at radius 2 is 2.10 bits per heavy atom. The Morgan fingerprint density at radius 1 is 1.35 bits per heavy atom. The van der Waals surface area contributed by atoms with Crippen LogP contribution >= 0.6 is 0 Å². The maximum absolute atomic E-state index is 11.1. The van der Waals surface area contributed by atoms with Crippen LogP contribution in [0, 0.1) is 0 Å². The van der Waals surface area contributed by atoms with E-state index < -0.39 is 5.91 Å². The highest BCUT2D eigenvalue weighted by atomic mass is 16.5. The van der Waals surface area contributed by atoms with E-state index in [4.69, 9.17) is 14.4 Å². The highest BCUT2D eigenvalue weighted by Crippen LogP contribution is 2.21. The maximum Gasteiger partial charge on any atom is 0.332 e. The van der Waals surface area contributed by atoms with Crippen LogP contribution in [0.5, 0.6) is 5.75 Å². The first-order valence-electron chi connectivity index (χ1n) is 6.25. The number of hydroxylamine groups is 1. The van der Waals surface area contributed by atoms with E-state index in [1.54, 1.807) is 24.3 Å². The van der Waals surface area contributed by atoms with Gasteiger partial charge in [-0.25, -0.2) is 5.48 Å². The van der Waals surface area contributed by atoms with Crippen molar-refractivity contribution in [3.05, 3.63) is 30.2 Å². The summed E-state index contributed by atoms with van der Waals surface area (Å²) in [6.07, 6.45) is 2.08. The number of nitrogens with one attached hydrogen (secondary N) is 1. The van der Waals surface area contributed by atoms with Gasteiger partial charge in [0.05, 0.1) is 6.61 Å². The quantitative estimate of drug-likeness (QED) is 0.476. The molecule has 2 rings (SSSR count). The standard InChI is InChI=1S/C13H15N3O4/c1-2-3-8-19-10-6-4-9(5-7-10)12-14-15-13(20-12)11(17)16-18/h4-7,18H,2-3,8H2,1H3,(H,16,17). The van der Waals surface area contributed by atoms with Crippen LogP contribution in [0.4, 0.5) is 0 Å². The molecule has 0 atom stereocenters. The molecule has 1 heterocycles. The molecule has 0 saturated heterocycles. The van der Waals surface area contributed by atoms with Crippen molar-refractivity contribution in [2.24, 2.45) is 0 Å². The lowest BCUT2D eigenvalue weighted by Crippen LogP contribution is -2.18. The molecule has 0 aliphatic heterocycles. The smallest absolute Gasteiger partial charge is 0.332 e. The summed E-state index contributed by atoms with van der Waals surface area (Å²) < 4.78 is 10.7. The van der Waals surface area contributed by atoms with Gasteiger partial charge in [0.25, 0.3) is 0 Å². The number of carbonyl (C=O) groups excluding carboxylic acids is 1. The molecule has 0 spiro atoms. The van der Waals surface area contributed by atoms with Crippen molar-refractivity contribution in [2.45, 2.75) is 19.8 Å². The predicted octanol–water partition coefficient (Wildman–Crippen LogP) is 2.03. The molecule has 0 aliphatic rings. The molecular formula is C13H15N3O4. The molecule has 0 saturated carbocycles. The lowest BCUT2D eigenvalue weighted by molar-refractivity contribution is 0.0669. The summed E-state index contributed by atoms with van der Waals surface area (Å²) in [6.45, 7) is 2.78. The second-order valence-electron chi connectivity index (χ2n) is 4.08. The van der Waals surface area contributed by atoms with E-state index in [0.29, 0.717) is 12.2 Å². The number of nitrogens with zero attached hydrogens (tertiary/aromatic N) is 2. The van der Waals surface area contributed by atoms with Gasteiger partial charge >= 0.3 is 11.8 Å². The molecule has 2 aromatic rings. The molecule has 2 N–H and O–H groups in total. The summed E-state index contributed by atoms with van der Waals surface area (Å²) in [5.74, 6) is -0.187. The fourth-order valence-electron chi connectivity index (χ4n) is 1.51. The number of aromatic nitrogens is 2. The number of carbonyl (C=O) groups is 1. The molecule has 106 valence electrons. The number of amides is 1. The topological polar surface area (TPSA) is 97.5 Å². The highest BCUT2D eigenvalue weighted by molar-refractivity contribution is 5.88. The Morgan fingerprint density at radius 3 is 2.75 bits per heavy atom. The average molecular weight is 277 g/mol. The average Bonchev–Trinajstić information content (AvgIpc) is 2.97. The first kappa shape index (κ1) is 14.0. The number of rotatable bonds is 6. The Bertz CT molecular complexity index is 565. The summed E-state index contributed by atoms with van der Waals surface area (Å²) >= 11 is 0. The summed E-state index contributed by atoms with van der Waals surface area (Å²) in [4.78, 5) is 11.1. The summed E-state index contributed by atoms with van der Waals surface area (Å²) in [5, 5.41) is 15.7. The van der Waals surface area contributed by atoms with Crippen molar-refractivity contribution >= 4 is 5.91 Å². The van der Waals surface area contributed by atoms with E-state index in [9.17, 15) is 4.79 Å². The van der Waals surface area contributed by atoms with Gasteiger partial charge in [-0.15, -0.1) is 10.2 Å². The molecule has 1 aromatic carbocycles. The van der Waals surface area contributed by atoms with Crippen LogP contribution in [-0.4, -0.2) is 27.9 Å². The van der Waals surface area contributed by atoms with E-state index in [0.717, 1.165) is 18.6 Å². The molecule has 1 aromatic heterocycles. The monoisotopic (exact) mass is 277 g/mol. The van der Waals surface area contributed by atoms with Gasteiger partial charge in [-0.3, -0.25) is 10.0 Å². The number of ether oxygens (including phenoxy) is 1. The third-order valence-electron chi connectivity index (χ3n) is 2.59. The van der Waals surface area contributed by atoms with Gasteiger partial charge in [-0.1, -0.05) is 13.3 Å². The summed E-state index contributed by atoms with van der Waals surface area (Å²) in [7, 11) is 0. The molecule has 0 radical (unpaired) electrons. The van der Waals surface area contributed by atoms with Gasteiger partial charge in [0.2, 0.25) is 5.89 Å². The van der Waals surface area contributed by atoms with Crippen molar-refractivity contribution in [3.8, 4) is 17.2 Å². The number of benzene rings is 1. The van der Waals surface area contributed by atoms with Crippen molar-refractivity contribution in [2.75, 3.05) is 6.61 Å². The Labute approximate surface area is 115 Å². The number of hydrogen-bond acceptors (Lipinski definition) is 6. The minimum Gasteiger partial charge on any atom is -0.494 e. The maximum atomic E-state index is 11.1. The first-order chi connectivity index (χ1) is 9.74. The zero-order valence-corrected chi connectivity index (χ0v) is 11.0. The predicted molar refractivity (Wildman–Crippen MR) is 69.4 cm³/mol. The van der Waals surface area contributed by atoms with Crippen molar-refractivity contribution in [3.63, 3.8) is 0 Å². The molecule has 0 fully saturated rings. The van der Waals surface area contributed by atoms with Crippen LogP contribution in [0.1, 0.15) is 30.5 Å². The van der Waals surface area contributed by atoms with Gasteiger partial charge in [0.1, 0.15) is 5.75 Å². The lowest BCUT2D eigenvalue weighted by Gasteiger charge is -2.04. The third kappa shape index (κ3) is 3.33. The SMILES string of the molecule is CCCCOc1ccc(-c2nnc(C(=O)NO)o2)cc1. The van der Waals surface area contributed by atoms with E-state index in [1.165, 1.54) is 5.48 Å². The zero-order chi connectivity index (χ0) is 14.4. The summed E-state index contributed by atoms with van der Waals surface area (Å²) in [6, 6.07) is 7.10. The van der Waals surface area contributed by atoms with Gasteiger partial charge in [0, 0.05) is 5.56 Å². The molecule has 20 heavy (non-hydrogen) atoms. The second-order valence-corrected chi connectivity index (χ2v) is 4.08.